The molecule has 0 radical (unpaired) electrons. The molecule has 1 atom stereocenters. The van der Waals surface area contributed by atoms with Crippen molar-refractivity contribution in [2.75, 3.05) is 7.11 Å². The van der Waals surface area contributed by atoms with E-state index >= 15 is 0 Å². The lowest BCUT2D eigenvalue weighted by atomic mass is 9.97. The van der Waals surface area contributed by atoms with E-state index < -0.39 is 17.7 Å². The van der Waals surface area contributed by atoms with Crippen molar-refractivity contribution in [3.05, 3.63) is 63.1 Å². The molecule has 0 saturated carbocycles. The molecule has 106 valence electrons. The van der Waals surface area contributed by atoms with Crippen LogP contribution in [0.1, 0.15) is 22.7 Å². The van der Waals surface area contributed by atoms with Gasteiger partial charge in [-0.2, -0.15) is 0 Å². The molecule has 2 aromatic rings. The average Bonchev–Trinajstić information content (AvgIpc) is 2.40. The van der Waals surface area contributed by atoms with Gasteiger partial charge in [0.25, 0.3) is 0 Å². The van der Waals surface area contributed by atoms with E-state index in [1.165, 1.54) is 7.11 Å². The summed E-state index contributed by atoms with van der Waals surface area (Å²) < 4.78 is 33.7. The predicted octanol–water partition coefficient (Wildman–Crippen LogP) is 4.09. The van der Waals surface area contributed by atoms with Crippen LogP contribution in [0.25, 0.3) is 0 Å². The van der Waals surface area contributed by atoms with E-state index in [-0.39, 0.29) is 11.3 Å². The Labute approximate surface area is 124 Å². The third-order valence-electron chi connectivity index (χ3n) is 3.16. The Hall–Kier alpha value is -1.46. The van der Waals surface area contributed by atoms with Gasteiger partial charge in [0, 0.05) is 22.2 Å². The number of hydrogen-bond acceptors (Lipinski definition) is 2. The van der Waals surface area contributed by atoms with E-state index in [0.717, 1.165) is 22.2 Å². The number of rotatable bonds is 3. The Balaban J connectivity index is 2.54. The molecule has 0 spiro atoms. The first-order valence-electron chi connectivity index (χ1n) is 5.99. The average molecular weight is 342 g/mol. The fraction of sp³-hybridized carbons (Fsp3) is 0.200. The van der Waals surface area contributed by atoms with Crippen LogP contribution >= 0.6 is 15.9 Å². The molecular weight excluding hydrogens is 328 g/mol. The molecule has 0 heterocycles. The molecule has 0 saturated heterocycles. The second kappa shape index (κ2) is 5.89. The fourth-order valence-corrected chi connectivity index (χ4v) is 2.55. The largest absolute Gasteiger partial charge is 0.497 e. The zero-order valence-corrected chi connectivity index (χ0v) is 12.7. The van der Waals surface area contributed by atoms with Crippen molar-refractivity contribution in [3.8, 4) is 5.75 Å². The van der Waals surface area contributed by atoms with Crippen LogP contribution in [0.4, 0.5) is 8.78 Å². The van der Waals surface area contributed by atoms with E-state index in [9.17, 15) is 8.78 Å². The molecule has 1 unspecified atom stereocenters. The summed E-state index contributed by atoms with van der Waals surface area (Å²) in [6.45, 7) is 1.89. The van der Waals surface area contributed by atoms with Gasteiger partial charge in [0.2, 0.25) is 0 Å². The second-order valence-corrected chi connectivity index (χ2v) is 5.25. The smallest absolute Gasteiger partial charge is 0.134 e. The van der Waals surface area contributed by atoms with Crippen molar-refractivity contribution in [2.45, 2.75) is 13.0 Å². The highest BCUT2D eigenvalue weighted by molar-refractivity contribution is 9.10. The fourth-order valence-electron chi connectivity index (χ4n) is 2.04. The summed E-state index contributed by atoms with van der Waals surface area (Å²) in [5.41, 5.74) is 7.44. The van der Waals surface area contributed by atoms with E-state index in [4.69, 9.17) is 10.5 Å². The molecule has 2 nitrogen and oxygen atoms in total. The van der Waals surface area contributed by atoms with Crippen LogP contribution < -0.4 is 10.5 Å². The van der Waals surface area contributed by atoms with Gasteiger partial charge in [0.05, 0.1) is 13.2 Å². The minimum Gasteiger partial charge on any atom is -0.497 e. The number of methoxy groups -OCH3 is 1. The Morgan fingerprint density at radius 3 is 2.35 bits per heavy atom. The molecule has 0 aliphatic heterocycles. The van der Waals surface area contributed by atoms with Gasteiger partial charge in [-0.25, -0.2) is 8.78 Å². The van der Waals surface area contributed by atoms with E-state index in [0.29, 0.717) is 5.56 Å². The third kappa shape index (κ3) is 2.69. The van der Waals surface area contributed by atoms with E-state index in [1.807, 2.05) is 13.0 Å². The van der Waals surface area contributed by atoms with Crippen LogP contribution in [0.15, 0.2) is 34.8 Å². The maximum absolute atomic E-state index is 14.1. The summed E-state index contributed by atoms with van der Waals surface area (Å²) in [6.07, 6.45) is 0. The van der Waals surface area contributed by atoms with Crippen LogP contribution in [0.5, 0.6) is 5.75 Å². The normalized spacial score (nSPS) is 12.3. The topological polar surface area (TPSA) is 35.2 Å². The van der Waals surface area contributed by atoms with Crippen LogP contribution in [0, 0.1) is 18.6 Å². The van der Waals surface area contributed by atoms with E-state index in [2.05, 4.69) is 15.9 Å². The molecule has 0 aromatic heterocycles. The Kier molecular flexibility index (Phi) is 4.40. The second-order valence-electron chi connectivity index (χ2n) is 4.46. The molecule has 2 aromatic carbocycles. The van der Waals surface area contributed by atoms with Gasteiger partial charge in [0.1, 0.15) is 17.4 Å². The first-order valence-corrected chi connectivity index (χ1v) is 6.78. The van der Waals surface area contributed by atoms with Gasteiger partial charge < -0.3 is 10.5 Å². The number of aryl methyl sites for hydroxylation is 1. The monoisotopic (exact) mass is 341 g/mol. The van der Waals surface area contributed by atoms with Gasteiger partial charge in [0.15, 0.2) is 0 Å². The standard InChI is InChI=1S/C15H14BrF2NO/c1-8-4-3-5-10(14(8)16)15(19)13-11(17)6-9(20-2)7-12(13)18/h3-7,15H,19H2,1-2H3. The van der Waals surface area contributed by atoms with Crippen molar-refractivity contribution in [3.63, 3.8) is 0 Å². The van der Waals surface area contributed by atoms with Crippen molar-refractivity contribution in [2.24, 2.45) is 5.73 Å². The van der Waals surface area contributed by atoms with Crippen molar-refractivity contribution in [1.29, 1.82) is 0 Å². The first-order chi connectivity index (χ1) is 9.45. The van der Waals surface area contributed by atoms with Gasteiger partial charge in [-0.3, -0.25) is 0 Å². The highest BCUT2D eigenvalue weighted by Crippen LogP contribution is 2.33. The SMILES string of the molecule is COc1cc(F)c(C(N)c2cccc(C)c2Br)c(F)c1. The molecule has 2 N–H and O–H groups in total. The van der Waals surface area contributed by atoms with Crippen LogP contribution in [-0.4, -0.2) is 7.11 Å². The maximum Gasteiger partial charge on any atom is 0.134 e. The molecule has 0 aliphatic rings. The summed E-state index contributed by atoms with van der Waals surface area (Å²) in [7, 11) is 1.35. The Bertz CT molecular complexity index is 623. The summed E-state index contributed by atoms with van der Waals surface area (Å²) in [4.78, 5) is 0. The van der Waals surface area contributed by atoms with Gasteiger partial charge in [-0.1, -0.05) is 34.1 Å². The zero-order valence-electron chi connectivity index (χ0n) is 11.1. The van der Waals surface area contributed by atoms with Gasteiger partial charge >= 0.3 is 0 Å². The van der Waals surface area contributed by atoms with Crippen LogP contribution in [-0.2, 0) is 0 Å². The predicted molar refractivity (Wildman–Crippen MR) is 77.8 cm³/mol. The number of benzene rings is 2. The molecular formula is C15H14BrF2NO. The van der Waals surface area contributed by atoms with Gasteiger partial charge in [-0.05, 0) is 18.1 Å². The highest BCUT2D eigenvalue weighted by Gasteiger charge is 2.22. The number of nitrogens with two attached hydrogens (primary N) is 1. The summed E-state index contributed by atoms with van der Waals surface area (Å²) in [6, 6.07) is 6.79. The number of halogens is 3. The molecule has 0 bridgehead atoms. The molecule has 2 rings (SSSR count). The molecule has 0 amide bonds. The summed E-state index contributed by atoms with van der Waals surface area (Å²) in [5.74, 6) is -1.32. The summed E-state index contributed by atoms with van der Waals surface area (Å²) in [5, 5.41) is 0. The molecule has 0 fully saturated rings. The first kappa shape index (κ1) is 14.9. The Morgan fingerprint density at radius 2 is 1.80 bits per heavy atom. The number of hydrogen-bond donors (Lipinski definition) is 1. The minimum absolute atomic E-state index is 0.124. The molecule has 0 aliphatic carbocycles. The molecule has 20 heavy (non-hydrogen) atoms. The lowest BCUT2D eigenvalue weighted by molar-refractivity contribution is 0.404. The van der Waals surface area contributed by atoms with Crippen molar-refractivity contribution >= 4 is 15.9 Å². The zero-order chi connectivity index (χ0) is 14.9. The quantitative estimate of drug-likeness (QED) is 0.912. The molecule has 5 heteroatoms. The third-order valence-corrected chi connectivity index (χ3v) is 4.24. The van der Waals surface area contributed by atoms with Crippen LogP contribution in [0.3, 0.4) is 0 Å². The Morgan fingerprint density at radius 1 is 1.20 bits per heavy atom. The van der Waals surface area contributed by atoms with Gasteiger partial charge in [-0.15, -0.1) is 0 Å². The number of ether oxygens (including phenoxy) is 1. The van der Waals surface area contributed by atoms with E-state index in [1.54, 1.807) is 12.1 Å². The highest BCUT2D eigenvalue weighted by atomic mass is 79.9. The lowest BCUT2D eigenvalue weighted by Crippen LogP contribution is -2.16. The van der Waals surface area contributed by atoms with Crippen molar-refractivity contribution in [1.82, 2.24) is 0 Å². The van der Waals surface area contributed by atoms with Crippen LogP contribution in [0.2, 0.25) is 0 Å². The minimum atomic E-state index is -0.893. The maximum atomic E-state index is 14.1. The summed E-state index contributed by atoms with van der Waals surface area (Å²) >= 11 is 3.41. The lowest BCUT2D eigenvalue weighted by Gasteiger charge is -2.17. The van der Waals surface area contributed by atoms with Crippen molar-refractivity contribution < 1.29 is 13.5 Å².